The van der Waals surface area contributed by atoms with Crippen LogP contribution in [0.4, 0.5) is 0 Å². The number of nitrogens with zero attached hydrogens (tertiary/aromatic N) is 1. The Bertz CT molecular complexity index is 254. The third-order valence-corrected chi connectivity index (χ3v) is 2.88. The van der Waals surface area contributed by atoms with Crippen LogP contribution in [-0.2, 0) is 9.53 Å². The maximum Gasteiger partial charge on any atom is 0.222 e. The zero-order chi connectivity index (χ0) is 11.8. The van der Waals surface area contributed by atoms with E-state index in [2.05, 4.69) is 11.4 Å². The lowest BCUT2D eigenvalue weighted by molar-refractivity contribution is -0.125. The molecule has 4 nitrogen and oxygen atoms in total. The largest absolute Gasteiger partial charge is 0.378 e. The Kier molecular flexibility index (Phi) is 5.87. The molecule has 1 fully saturated rings. The Morgan fingerprint density at radius 1 is 1.62 bits per heavy atom. The molecule has 0 radical (unpaired) electrons. The van der Waals surface area contributed by atoms with Crippen LogP contribution in [0.1, 0.15) is 45.4 Å². The molecule has 0 saturated carbocycles. The van der Waals surface area contributed by atoms with Gasteiger partial charge in [-0.25, -0.2) is 0 Å². The van der Waals surface area contributed by atoms with Crippen molar-refractivity contribution in [1.82, 2.24) is 5.32 Å². The van der Waals surface area contributed by atoms with Gasteiger partial charge in [0.1, 0.15) is 0 Å². The highest BCUT2D eigenvalue weighted by Crippen LogP contribution is 2.15. The molecule has 0 spiro atoms. The van der Waals surface area contributed by atoms with Gasteiger partial charge in [0.05, 0.1) is 25.0 Å². The number of amides is 1. The van der Waals surface area contributed by atoms with E-state index in [-0.39, 0.29) is 18.1 Å². The fourth-order valence-corrected chi connectivity index (χ4v) is 1.87. The summed E-state index contributed by atoms with van der Waals surface area (Å²) in [6.45, 7) is 2.74. The summed E-state index contributed by atoms with van der Waals surface area (Å²) in [4.78, 5) is 11.7. The Hall–Kier alpha value is -1.08. The second kappa shape index (κ2) is 7.24. The van der Waals surface area contributed by atoms with Gasteiger partial charge >= 0.3 is 0 Å². The number of nitriles is 1. The first-order chi connectivity index (χ1) is 7.76. The summed E-state index contributed by atoms with van der Waals surface area (Å²) in [7, 11) is 0. The van der Waals surface area contributed by atoms with E-state index in [1.54, 1.807) is 0 Å². The van der Waals surface area contributed by atoms with Gasteiger partial charge in [-0.15, -0.1) is 0 Å². The number of nitrogens with one attached hydrogen (secondary N) is 1. The van der Waals surface area contributed by atoms with Gasteiger partial charge in [-0.3, -0.25) is 4.79 Å². The predicted octanol–water partition coefficient (Wildman–Crippen LogP) is 1.75. The predicted molar refractivity (Wildman–Crippen MR) is 60.7 cm³/mol. The van der Waals surface area contributed by atoms with Crippen molar-refractivity contribution in [2.75, 3.05) is 6.61 Å². The van der Waals surface area contributed by atoms with E-state index < -0.39 is 0 Å². The van der Waals surface area contributed by atoms with E-state index in [1.807, 2.05) is 6.92 Å². The van der Waals surface area contributed by atoms with Gasteiger partial charge in [-0.1, -0.05) is 6.92 Å². The van der Waals surface area contributed by atoms with Crippen molar-refractivity contribution in [3.05, 3.63) is 0 Å². The molecule has 0 aromatic heterocycles. The molecule has 0 aromatic carbocycles. The molecule has 1 N–H and O–H groups in total. The number of hydrogen-bond donors (Lipinski definition) is 1. The van der Waals surface area contributed by atoms with Crippen molar-refractivity contribution < 1.29 is 9.53 Å². The highest BCUT2D eigenvalue weighted by atomic mass is 16.5. The SMILES string of the molecule is CCC(CC#N)NC(=O)CC1CCCCO1. The molecule has 1 aliphatic heterocycles. The van der Waals surface area contributed by atoms with Gasteiger partial charge in [0.2, 0.25) is 5.91 Å². The van der Waals surface area contributed by atoms with Gasteiger partial charge in [-0.05, 0) is 25.7 Å². The van der Waals surface area contributed by atoms with Crippen LogP contribution in [0.15, 0.2) is 0 Å². The summed E-state index contributed by atoms with van der Waals surface area (Å²) in [6.07, 6.45) is 4.91. The van der Waals surface area contributed by atoms with Gasteiger partial charge < -0.3 is 10.1 Å². The Labute approximate surface area is 97.0 Å². The van der Waals surface area contributed by atoms with Crippen LogP contribution in [-0.4, -0.2) is 24.7 Å². The number of carbonyl (C=O) groups excluding carboxylic acids is 1. The van der Waals surface area contributed by atoms with Crippen molar-refractivity contribution in [1.29, 1.82) is 5.26 Å². The minimum atomic E-state index is -0.0129. The van der Waals surface area contributed by atoms with E-state index in [0.29, 0.717) is 12.8 Å². The lowest BCUT2D eigenvalue weighted by Crippen LogP contribution is -2.37. The standard InChI is InChI=1S/C12H20N2O2/c1-2-10(6-7-13)14-12(15)9-11-5-3-4-8-16-11/h10-11H,2-6,8-9H2,1H3,(H,14,15). The fraction of sp³-hybridized carbons (Fsp3) is 0.833. The smallest absolute Gasteiger partial charge is 0.222 e. The van der Waals surface area contributed by atoms with Crippen molar-refractivity contribution in [2.24, 2.45) is 0 Å². The molecule has 0 bridgehead atoms. The molecule has 0 aliphatic carbocycles. The van der Waals surface area contributed by atoms with E-state index in [0.717, 1.165) is 32.3 Å². The van der Waals surface area contributed by atoms with Crippen LogP contribution in [0.25, 0.3) is 0 Å². The lowest BCUT2D eigenvalue weighted by Gasteiger charge is -2.23. The van der Waals surface area contributed by atoms with Gasteiger partial charge in [0.15, 0.2) is 0 Å². The molecule has 90 valence electrons. The normalized spacial score (nSPS) is 22.1. The highest BCUT2D eigenvalue weighted by Gasteiger charge is 2.19. The van der Waals surface area contributed by atoms with Crippen LogP contribution in [0.2, 0.25) is 0 Å². The van der Waals surface area contributed by atoms with Crippen molar-refractivity contribution in [3.8, 4) is 6.07 Å². The fourth-order valence-electron chi connectivity index (χ4n) is 1.87. The quantitative estimate of drug-likeness (QED) is 0.774. The number of carbonyl (C=O) groups is 1. The summed E-state index contributed by atoms with van der Waals surface area (Å²) in [5, 5.41) is 11.4. The van der Waals surface area contributed by atoms with Crippen LogP contribution in [0.3, 0.4) is 0 Å². The minimum Gasteiger partial charge on any atom is -0.378 e. The average Bonchev–Trinajstić information content (AvgIpc) is 2.29. The van der Waals surface area contributed by atoms with Crippen LogP contribution < -0.4 is 5.32 Å². The monoisotopic (exact) mass is 224 g/mol. The first kappa shape index (κ1) is 13.0. The lowest BCUT2D eigenvalue weighted by atomic mass is 10.1. The Morgan fingerprint density at radius 2 is 2.44 bits per heavy atom. The van der Waals surface area contributed by atoms with Gasteiger partial charge in [0.25, 0.3) is 0 Å². The summed E-state index contributed by atoms with van der Waals surface area (Å²) in [5.41, 5.74) is 0. The first-order valence-electron chi connectivity index (χ1n) is 6.04. The molecule has 2 atom stereocenters. The summed E-state index contributed by atoms with van der Waals surface area (Å²) >= 11 is 0. The van der Waals surface area contributed by atoms with Crippen LogP contribution in [0.5, 0.6) is 0 Å². The molecule has 2 unspecified atom stereocenters. The molecule has 1 amide bonds. The Balaban J connectivity index is 2.25. The summed E-state index contributed by atoms with van der Waals surface area (Å²) < 4.78 is 5.50. The molecule has 1 saturated heterocycles. The van der Waals surface area contributed by atoms with Gasteiger partial charge in [0, 0.05) is 12.6 Å². The molecule has 4 heteroatoms. The molecule has 16 heavy (non-hydrogen) atoms. The van der Waals surface area contributed by atoms with E-state index in [9.17, 15) is 4.79 Å². The van der Waals surface area contributed by atoms with E-state index >= 15 is 0 Å². The first-order valence-corrected chi connectivity index (χ1v) is 6.04. The summed E-state index contributed by atoms with van der Waals surface area (Å²) in [6, 6.07) is 2.07. The molecule has 1 heterocycles. The molecule has 1 rings (SSSR count). The van der Waals surface area contributed by atoms with Crippen molar-refractivity contribution in [2.45, 2.75) is 57.6 Å². The zero-order valence-corrected chi connectivity index (χ0v) is 9.87. The molecular weight excluding hydrogens is 204 g/mol. The molecular formula is C12H20N2O2. The second-order valence-corrected chi connectivity index (χ2v) is 4.23. The Morgan fingerprint density at radius 3 is 3.00 bits per heavy atom. The maximum atomic E-state index is 11.7. The van der Waals surface area contributed by atoms with E-state index in [1.165, 1.54) is 0 Å². The third kappa shape index (κ3) is 4.63. The maximum absolute atomic E-state index is 11.7. The number of ether oxygens (including phenoxy) is 1. The minimum absolute atomic E-state index is 0.00833. The van der Waals surface area contributed by atoms with Crippen molar-refractivity contribution in [3.63, 3.8) is 0 Å². The van der Waals surface area contributed by atoms with Crippen molar-refractivity contribution >= 4 is 5.91 Å². The number of rotatable bonds is 5. The highest BCUT2D eigenvalue weighted by molar-refractivity contribution is 5.76. The van der Waals surface area contributed by atoms with Crippen LogP contribution >= 0.6 is 0 Å². The van der Waals surface area contributed by atoms with E-state index in [4.69, 9.17) is 10.00 Å². The third-order valence-electron chi connectivity index (χ3n) is 2.88. The molecule has 0 aromatic rings. The molecule has 1 aliphatic rings. The second-order valence-electron chi connectivity index (χ2n) is 4.23. The zero-order valence-electron chi connectivity index (χ0n) is 9.87. The summed E-state index contributed by atoms with van der Waals surface area (Å²) in [5.74, 6) is 0.00833. The topological polar surface area (TPSA) is 62.1 Å². The van der Waals surface area contributed by atoms with Crippen LogP contribution in [0, 0.1) is 11.3 Å². The number of hydrogen-bond acceptors (Lipinski definition) is 3. The average molecular weight is 224 g/mol. The van der Waals surface area contributed by atoms with Gasteiger partial charge in [-0.2, -0.15) is 5.26 Å².